The topological polar surface area (TPSA) is 18.5 Å². The van der Waals surface area contributed by atoms with Gasteiger partial charge < -0.3 is 4.89 Å². The van der Waals surface area contributed by atoms with Gasteiger partial charge in [0.15, 0.2) is 5.75 Å². The second-order valence-corrected chi connectivity index (χ2v) is 1.75. The molecular formula is C7H6F2O2. The van der Waals surface area contributed by atoms with Crippen molar-refractivity contribution in [1.82, 2.24) is 0 Å². The molecule has 0 aliphatic rings. The lowest BCUT2D eigenvalue weighted by molar-refractivity contribution is -0.323. The van der Waals surface area contributed by atoms with Crippen LogP contribution >= 0.6 is 0 Å². The molecule has 0 saturated carbocycles. The zero-order chi connectivity index (χ0) is 8.10. The zero-order valence-corrected chi connectivity index (χ0v) is 5.54. The quantitative estimate of drug-likeness (QED) is 0.498. The van der Waals surface area contributed by atoms with Crippen molar-refractivity contribution in [3.63, 3.8) is 0 Å². The average Bonchev–Trinajstić information content (AvgIpc) is 2.03. The van der Waals surface area contributed by atoms with E-state index in [2.05, 4.69) is 9.78 Å². The maximum atomic E-state index is 11.4. The maximum Gasteiger partial charge on any atom is 0.381 e. The van der Waals surface area contributed by atoms with E-state index in [1.165, 1.54) is 12.1 Å². The van der Waals surface area contributed by atoms with Gasteiger partial charge in [0.05, 0.1) is 0 Å². The summed E-state index contributed by atoms with van der Waals surface area (Å²) >= 11 is 0. The van der Waals surface area contributed by atoms with Crippen molar-refractivity contribution in [2.45, 2.75) is 6.61 Å². The molecule has 0 spiro atoms. The van der Waals surface area contributed by atoms with E-state index in [4.69, 9.17) is 0 Å². The molecule has 1 rings (SSSR count). The number of halogens is 2. The molecule has 4 heteroatoms. The van der Waals surface area contributed by atoms with E-state index in [-0.39, 0.29) is 5.75 Å². The molecular weight excluding hydrogens is 154 g/mol. The van der Waals surface area contributed by atoms with Crippen LogP contribution in [0, 0.1) is 0 Å². The lowest BCUT2D eigenvalue weighted by Gasteiger charge is -2.01. The third-order valence-corrected chi connectivity index (χ3v) is 0.960. The van der Waals surface area contributed by atoms with Crippen LogP contribution in [0.15, 0.2) is 30.3 Å². The predicted molar refractivity (Wildman–Crippen MR) is 34.2 cm³/mol. The highest BCUT2D eigenvalue weighted by atomic mass is 19.3. The van der Waals surface area contributed by atoms with Crippen molar-refractivity contribution in [1.29, 1.82) is 0 Å². The molecule has 0 heterocycles. The first kappa shape index (κ1) is 7.94. The second-order valence-electron chi connectivity index (χ2n) is 1.75. The molecule has 11 heavy (non-hydrogen) atoms. The largest absolute Gasteiger partial charge is 0.381 e. The molecule has 0 bridgehead atoms. The lowest BCUT2D eigenvalue weighted by atomic mass is 10.3. The highest BCUT2D eigenvalue weighted by molar-refractivity contribution is 5.20. The van der Waals surface area contributed by atoms with Gasteiger partial charge in [-0.25, -0.2) is 0 Å². The van der Waals surface area contributed by atoms with Crippen LogP contribution < -0.4 is 4.89 Å². The Bertz CT molecular complexity index is 201. The number of hydrogen-bond donors (Lipinski definition) is 0. The molecule has 0 aliphatic carbocycles. The number of benzene rings is 1. The normalized spacial score (nSPS) is 10.1. The van der Waals surface area contributed by atoms with Crippen LogP contribution in [-0.2, 0) is 4.89 Å². The summed E-state index contributed by atoms with van der Waals surface area (Å²) < 4.78 is 22.7. The number of para-hydroxylation sites is 1. The molecule has 0 unspecified atom stereocenters. The zero-order valence-electron chi connectivity index (χ0n) is 5.54. The van der Waals surface area contributed by atoms with Gasteiger partial charge in [-0.05, 0) is 12.1 Å². The fourth-order valence-electron chi connectivity index (χ4n) is 0.568. The summed E-state index contributed by atoms with van der Waals surface area (Å²) in [6.45, 7) is -2.91. The van der Waals surface area contributed by atoms with Crippen LogP contribution in [0.25, 0.3) is 0 Å². The van der Waals surface area contributed by atoms with E-state index >= 15 is 0 Å². The molecule has 1 aromatic carbocycles. The van der Waals surface area contributed by atoms with Gasteiger partial charge in [0.1, 0.15) is 0 Å². The average molecular weight is 160 g/mol. The third-order valence-electron chi connectivity index (χ3n) is 0.960. The molecule has 0 amide bonds. The Labute approximate surface area is 62.3 Å². The van der Waals surface area contributed by atoms with Crippen LogP contribution in [-0.4, -0.2) is 6.61 Å². The van der Waals surface area contributed by atoms with E-state index in [0.717, 1.165) is 0 Å². The van der Waals surface area contributed by atoms with Gasteiger partial charge in [-0.2, -0.15) is 8.78 Å². The number of hydrogen-bond acceptors (Lipinski definition) is 2. The molecule has 0 atom stereocenters. The highest BCUT2D eigenvalue weighted by Gasteiger charge is 2.02. The summed E-state index contributed by atoms with van der Waals surface area (Å²) in [7, 11) is 0. The number of alkyl halides is 2. The van der Waals surface area contributed by atoms with Crippen LogP contribution in [0.1, 0.15) is 0 Å². The molecule has 2 nitrogen and oxygen atoms in total. The SMILES string of the molecule is FC(F)OOc1ccccc1. The summed E-state index contributed by atoms with van der Waals surface area (Å²) in [6.07, 6.45) is 0. The lowest BCUT2D eigenvalue weighted by Crippen LogP contribution is -2.02. The Balaban J connectivity index is 2.39. The van der Waals surface area contributed by atoms with E-state index in [9.17, 15) is 8.78 Å². The summed E-state index contributed by atoms with van der Waals surface area (Å²) in [5, 5.41) is 0. The number of rotatable bonds is 3. The monoisotopic (exact) mass is 160 g/mol. The minimum absolute atomic E-state index is 0.257. The smallest absolute Gasteiger partial charge is 0.332 e. The summed E-state index contributed by atoms with van der Waals surface area (Å²) in [5.74, 6) is 0.257. The fraction of sp³-hybridized carbons (Fsp3) is 0.143. The molecule has 0 aliphatic heterocycles. The van der Waals surface area contributed by atoms with Crippen molar-refractivity contribution in [3.8, 4) is 5.75 Å². The van der Waals surface area contributed by atoms with Gasteiger partial charge >= 0.3 is 6.61 Å². The van der Waals surface area contributed by atoms with Gasteiger partial charge in [0.2, 0.25) is 0 Å². The summed E-state index contributed by atoms with van der Waals surface area (Å²) in [4.78, 5) is 7.81. The van der Waals surface area contributed by atoms with Gasteiger partial charge in [-0.1, -0.05) is 18.2 Å². The molecule has 0 N–H and O–H groups in total. The molecule has 60 valence electrons. The minimum Gasteiger partial charge on any atom is -0.332 e. The third kappa shape index (κ3) is 2.95. The Hall–Kier alpha value is -1.16. The van der Waals surface area contributed by atoms with Gasteiger partial charge in [-0.15, -0.1) is 4.89 Å². The predicted octanol–water partition coefficient (Wildman–Crippen LogP) is 2.22. The molecule has 1 aromatic rings. The highest BCUT2D eigenvalue weighted by Crippen LogP contribution is 2.09. The van der Waals surface area contributed by atoms with Crippen molar-refractivity contribution in [2.75, 3.05) is 0 Å². The summed E-state index contributed by atoms with van der Waals surface area (Å²) in [6, 6.07) is 8.09. The molecule has 0 aromatic heterocycles. The Kier molecular flexibility index (Phi) is 2.80. The van der Waals surface area contributed by atoms with Crippen LogP contribution in [0.4, 0.5) is 8.78 Å². The molecule has 0 saturated heterocycles. The minimum atomic E-state index is -2.91. The Morgan fingerprint density at radius 2 is 1.73 bits per heavy atom. The van der Waals surface area contributed by atoms with E-state index < -0.39 is 6.61 Å². The van der Waals surface area contributed by atoms with E-state index in [1.807, 2.05) is 0 Å². The summed E-state index contributed by atoms with van der Waals surface area (Å²) in [5.41, 5.74) is 0. The van der Waals surface area contributed by atoms with Gasteiger partial charge in [0.25, 0.3) is 0 Å². The van der Waals surface area contributed by atoms with Gasteiger partial charge in [0, 0.05) is 0 Å². The Morgan fingerprint density at radius 3 is 2.27 bits per heavy atom. The second kappa shape index (κ2) is 3.88. The van der Waals surface area contributed by atoms with Crippen LogP contribution in [0.2, 0.25) is 0 Å². The van der Waals surface area contributed by atoms with Gasteiger partial charge in [-0.3, -0.25) is 0 Å². The van der Waals surface area contributed by atoms with Crippen molar-refractivity contribution >= 4 is 0 Å². The molecule has 0 fully saturated rings. The maximum absolute atomic E-state index is 11.4. The molecule has 0 radical (unpaired) electrons. The standard InChI is InChI=1S/C7H6F2O2/c8-7(9)11-10-6-4-2-1-3-5-6/h1-5,7H. The van der Waals surface area contributed by atoms with Crippen molar-refractivity contribution in [2.24, 2.45) is 0 Å². The van der Waals surface area contributed by atoms with E-state index in [1.54, 1.807) is 18.2 Å². The van der Waals surface area contributed by atoms with Crippen molar-refractivity contribution < 1.29 is 18.6 Å². The van der Waals surface area contributed by atoms with Crippen LogP contribution in [0.3, 0.4) is 0 Å². The first-order valence-electron chi connectivity index (χ1n) is 2.95. The van der Waals surface area contributed by atoms with Crippen molar-refractivity contribution in [3.05, 3.63) is 30.3 Å². The Morgan fingerprint density at radius 1 is 1.09 bits per heavy atom. The fourth-order valence-corrected chi connectivity index (χ4v) is 0.568. The van der Waals surface area contributed by atoms with E-state index in [0.29, 0.717) is 0 Å². The van der Waals surface area contributed by atoms with Crippen LogP contribution in [0.5, 0.6) is 5.75 Å². The first-order chi connectivity index (χ1) is 5.29. The first-order valence-corrected chi connectivity index (χ1v) is 2.95.